The fourth-order valence-electron chi connectivity index (χ4n) is 2.75. The molecule has 22 heavy (non-hydrogen) atoms. The summed E-state index contributed by atoms with van der Waals surface area (Å²) in [5.74, 6) is 0.620. The molecule has 1 radical (unpaired) electrons. The van der Waals surface area contributed by atoms with E-state index in [2.05, 4.69) is 42.5 Å². The van der Waals surface area contributed by atoms with Crippen LogP contribution in [0.3, 0.4) is 0 Å². The molecule has 3 aromatic carbocycles. The molecule has 0 atom stereocenters. The van der Waals surface area contributed by atoms with E-state index in [0.717, 1.165) is 5.56 Å². The van der Waals surface area contributed by atoms with E-state index in [1.54, 1.807) is 0 Å². The van der Waals surface area contributed by atoms with Gasteiger partial charge in [0, 0.05) is 20.2 Å². The van der Waals surface area contributed by atoms with Crippen LogP contribution in [0.5, 0.6) is 5.75 Å². The van der Waals surface area contributed by atoms with Crippen molar-refractivity contribution in [1.29, 1.82) is 0 Å². The molecule has 105 valence electrons. The second-order valence-electron chi connectivity index (χ2n) is 5.03. The van der Waals surface area contributed by atoms with Crippen LogP contribution in [0.25, 0.3) is 31.3 Å². The highest BCUT2D eigenvalue weighted by molar-refractivity contribution is 7.26. The number of hydrogen-bond donors (Lipinski definition) is 1. The van der Waals surface area contributed by atoms with E-state index in [9.17, 15) is 0 Å². The Kier molecular flexibility index (Phi) is 3.33. The van der Waals surface area contributed by atoms with Crippen LogP contribution in [0.15, 0.2) is 66.7 Å². The number of hydrogen-bond acceptors (Lipinski definition) is 3. The van der Waals surface area contributed by atoms with E-state index in [0.29, 0.717) is 13.4 Å². The van der Waals surface area contributed by atoms with Gasteiger partial charge in [-0.15, -0.1) is 11.3 Å². The zero-order valence-electron chi connectivity index (χ0n) is 11.7. The van der Waals surface area contributed by atoms with Gasteiger partial charge in [-0.1, -0.05) is 48.5 Å². The Labute approximate surface area is 132 Å². The molecule has 0 bridgehead atoms. The van der Waals surface area contributed by atoms with Crippen molar-refractivity contribution >= 4 is 39.2 Å². The van der Waals surface area contributed by atoms with Gasteiger partial charge in [-0.2, -0.15) is 0 Å². The molecule has 0 fully saturated rings. The van der Waals surface area contributed by atoms with Crippen molar-refractivity contribution in [3.63, 3.8) is 0 Å². The smallest absolute Gasteiger partial charge is 0.537 e. The maximum absolute atomic E-state index is 8.68. The second kappa shape index (κ2) is 5.48. The van der Waals surface area contributed by atoms with Gasteiger partial charge >= 0.3 is 7.69 Å². The second-order valence-corrected chi connectivity index (χ2v) is 6.08. The third-order valence-corrected chi connectivity index (χ3v) is 4.98. The summed E-state index contributed by atoms with van der Waals surface area (Å²) in [4.78, 5) is 0. The van der Waals surface area contributed by atoms with Crippen molar-refractivity contribution in [3.05, 3.63) is 66.7 Å². The van der Waals surface area contributed by atoms with Crippen LogP contribution in [0.1, 0.15) is 0 Å². The zero-order chi connectivity index (χ0) is 14.9. The van der Waals surface area contributed by atoms with Gasteiger partial charge in [0.2, 0.25) is 0 Å². The Hall–Kier alpha value is -2.30. The summed E-state index contributed by atoms with van der Waals surface area (Å²) >= 11 is 1.82. The highest BCUT2D eigenvalue weighted by Gasteiger charge is 2.09. The lowest BCUT2D eigenvalue weighted by molar-refractivity contribution is 0.454. The molecule has 1 N–H and O–H groups in total. The minimum absolute atomic E-state index is 0.620. The fourth-order valence-corrected chi connectivity index (χ4v) is 3.99. The van der Waals surface area contributed by atoms with E-state index in [4.69, 9.17) is 9.68 Å². The van der Waals surface area contributed by atoms with Crippen LogP contribution < -0.4 is 4.65 Å². The fraction of sp³-hybridized carbons (Fsp3) is 0. The van der Waals surface area contributed by atoms with Crippen molar-refractivity contribution in [2.45, 2.75) is 0 Å². The van der Waals surface area contributed by atoms with Crippen molar-refractivity contribution in [2.24, 2.45) is 0 Å². The predicted octanol–water partition coefficient (Wildman–Crippen LogP) is 4.63. The summed E-state index contributed by atoms with van der Waals surface area (Å²) in [6.07, 6.45) is 0. The van der Waals surface area contributed by atoms with Crippen LogP contribution in [0, 0.1) is 0 Å². The summed E-state index contributed by atoms with van der Waals surface area (Å²) < 4.78 is 7.57. The molecular formula is C18H12BO2S. The molecule has 0 unspecified atom stereocenters. The molecule has 0 saturated carbocycles. The average molecular weight is 303 g/mol. The van der Waals surface area contributed by atoms with Crippen LogP contribution >= 0.6 is 11.3 Å². The van der Waals surface area contributed by atoms with Gasteiger partial charge in [0.15, 0.2) is 0 Å². The van der Waals surface area contributed by atoms with Crippen LogP contribution in [0.4, 0.5) is 0 Å². The first-order chi connectivity index (χ1) is 10.9. The molecule has 0 amide bonds. The molecule has 4 aromatic rings. The minimum atomic E-state index is 0.620. The number of rotatable bonds is 3. The monoisotopic (exact) mass is 303 g/mol. The lowest BCUT2D eigenvalue weighted by atomic mass is 10.0. The van der Waals surface area contributed by atoms with E-state index in [1.807, 2.05) is 35.6 Å². The summed E-state index contributed by atoms with van der Waals surface area (Å²) in [5, 5.41) is 11.3. The van der Waals surface area contributed by atoms with Crippen molar-refractivity contribution in [1.82, 2.24) is 0 Å². The minimum Gasteiger partial charge on any atom is -0.537 e. The average Bonchev–Trinajstić information content (AvgIpc) is 2.95. The SMILES string of the molecule is O[B]Oc1ccc(-c2cccc3c2sc2ccccc23)cc1. The van der Waals surface area contributed by atoms with Gasteiger partial charge in [-0.25, -0.2) is 0 Å². The maximum atomic E-state index is 8.68. The first kappa shape index (κ1) is 13.4. The van der Waals surface area contributed by atoms with E-state index < -0.39 is 0 Å². The van der Waals surface area contributed by atoms with Gasteiger partial charge in [0.25, 0.3) is 0 Å². The number of fused-ring (bicyclic) bond motifs is 3. The van der Waals surface area contributed by atoms with Crippen LogP contribution in [-0.2, 0) is 0 Å². The summed E-state index contributed by atoms with van der Waals surface area (Å²) in [5.41, 5.74) is 2.36. The molecule has 4 rings (SSSR count). The van der Waals surface area contributed by atoms with E-state index in [-0.39, 0.29) is 0 Å². The molecule has 4 heteroatoms. The summed E-state index contributed by atoms with van der Waals surface area (Å²) in [6, 6.07) is 22.7. The molecule has 0 spiro atoms. The molecule has 1 aromatic heterocycles. The Morgan fingerprint density at radius 1 is 0.818 bits per heavy atom. The Morgan fingerprint density at radius 2 is 1.59 bits per heavy atom. The topological polar surface area (TPSA) is 29.5 Å². The third-order valence-electron chi connectivity index (χ3n) is 3.76. The van der Waals surface area contributed by atoms with Crippen molar-refractivity contribution < 1.29 is 9.68 Å². The molecule has 1 heterocycles. The molecule has 0 saturated heterocycles. The summed E-state index contributed by atoms with van der Waals surface area (Å²) in [7, 11) is 0.696. The maximum Gasteiger partial charge on any atom is 0.569 e. The highest BCUT2D eigenvalue weighted by atomic mass is 32.1. The van der Waals surface area contributed by atoms with Crippen molar-refractivity contribution in [3.8, 4) is 16.9 Å². The van der Waals surface area contributed by atoms with Gasteiger partial charge in [-0.05, 0) is 29.3 Å². The third kappa shape index (κ3) is 2.17. The lowest BCUT2D eigenvalue weighted by Crippen LogP contribution is -1.99. The van der Waals surface area contributed by atoms with Gasteiger partial charge in [-0.3, -0.25) is 0 Å². The van der Waals surface area contributed by atoms with Gasteiger partial charge < -0.3 is 9.68 Å². The molecule has 2 nitrogen and oxygen atoms in total. The van der Waals surface area contributed by atoms with Gasteiger partial charge in [0.1, 0.15) is 5.75 Å². The Morgan fingerprint density at radius 3 is 2.41 bits per heavy atom. The lowest BCUT2D eigenvalue weighted by Gasteiger charge is -2.06. The Balaban J connectivity index is 1.91. The highest BCUT2D eigenvalue weighted by Crippen LogP contribution is 2.39. The number of thiophene rings is 1. The molecule has 0 aliphatic rings. The first-order valence-electron chi connectivity index (χ1n) is 7.00. The van der Waals surface area contributed by atoms with E-state index in [1.165, 1.54) is 25.7 Å². The standard InChI is InChI=1S/C18H12BO2S/c20-19-21-13-10-8-12(9-11-13)14-5-3-6-16-15-4-1-2-7-17(15)22-18(14)16/h1-11,20H. The van der Waals surface area contributed by atoms with Crippen LogP contribution in [0.2, 0.25) is 0 Å². The quantitative estimate of drug-likeness (QED) is 0.559. The van der Waals surface area contributed by atoms with Crippen molar-refractivity contribution in [2.75, 3.05) is 0 Å². The molecule has 0 aliphatic carbocycles. The molecular weight excluding hydrogens is 291 g/mol. The predicted molar refractivity (Wildman–Crippen MR) is 93.4 cm³/mol. The number of benzene rings is 3. The molecule has 0 aliphatic heterocycles. The zero-order valence-corrected chi connectivity index (χ0v) is 12.5. The van der Waals surface area contributed by atoms with Crippen LogP contribution in [-0.4, -0.2) is 12.7 Å². The Bertz CT molecular complexity index is 944. The summed E-state index contributed by atoms with van der Waals surface area (Å²) in [6.45, 7) is 0. The first-order valence-corrected chi connectivity index (χ1v) is 7.82. The normalized spacial score (nSPS) is 11.0. The van der Waals surface area contributed by atoms with E-state index >= 15 is 0 Å². The van der Waals surface area contributed by atoms with Gasteiger partial charge in [0.05, 0.1) is 0 Å². The largest absolute Gasteiger partial charge is 0.569 e.